The summed E-state index contributed by atoms with van der Waals surface area (Å²) in [5.74, 6) is 0.696. The topological polar surface area (TPSA) is 38.3 Å². The molecule has 1 saturated carbocycles. The number of rotatable bonds is 5. The van der Waals surface area contributed by atoms with E-state index in [1.807, 2.05) is 12.1 Å². The minimum atomic E-state index is 0.0638. The molecule has 0 spiro atoms. The van der Waals surface area contributed by atoms with Crippen LogP contribution in [0.2, 0.25) is 5.02 Å². The maximum Gasteiger partial charge on any atom is 0.223 e. The summed E-state index contributed by atoms with van der Waals surface area (Å²) < 4.78 is 5.48. The van der Waals surface area contributed by atoms with Crippen molar-refractivity contribution in [3.05, 3.63) is 29.3 Å². The Bertz CT molecular complexity index is 403. The van der Waals surface area contributed by atoms with Crippen LogP contribution in [0.1, 0.15) is 32.1 Å². The van der Waals surface area contributed by atoms with Crippen LogP contribution in [-0.2, 0) is 4.79 Å². The molecular formula is C14H18ClNO2. The second-order valence-electron chi connectivity index (χ2n) is 4.58. The number of nitrogens with one attached hydrogen (secondary N) is 1. The van der Waals surface area contributed by atoms with Crippen molar-refractivity contribution in [2.45, 2.75) is 38.1 Å². The average molecular weight is 268 g/mol. The molecule has 1 aliphatic rings. The van der Waals surface area contributed by atoms with Gasteiger partial charge >= 0.3 is 0 Å². The van der Waals surface area contributed by atoms with Crippen LogP contribution in [0.3, 0.4) is 0 Å². The predicted molar refractivity (Wildman–Crippen MR) is 72.0 cm³/mol. The lowest BCUT2D eigenvalue weighted by atomic mass is 10.2. The molecule has 1 aliphatic carbocycles. The first-order valence-electron chi connectivity index (χ1n) is 6.42. The van der Waals surface area contributed by atoms with E-state index in [0.29, 0.717) is 29.8 Å². The first kappa shape index (κ1) is 13.2. The Kier molecular flexibility index (Phi) is 4.88. The summed E-state index contributed by atoms with van der Waals surface area (Å²) in [7, 11) is 0. The Balaban J connectivity index is 1.68. The van der Waals surface area contributed by atoms with Crippen LogP contribution in [-0.4, -0.2) is 18.6 Å². The smallest absolute Gasteiger partial charge is 0.223 e. The molecule has 0 aromatic heterocycles. The second-order valence-corrected chi connectivity index (χ2v) is 4.98. The van der Waals surface area contributed by atoms with Crippen molar-refractivity contribution in [1.29, 1.82) is 0 Å². The van der Waals surface area contributed by atoms with Crippen LogP contribution < -0.4 is 10.1 Å². The zero-order chi connectivity index (χ0) is 12.8. The first-order valence-corrected chi connectivity index (χ1v) is 6.80. The number of carbonyl (C=O) groups excluding carboxylic acids is 1. The third kappa shape index (κ3) is 3.91. The van der Waals surface area contributed by atoms with E-state index in [1.54, 1.807) is 12.1 Å². The van der Waals surface area contributed by atoms with Crippen molar-refractivity contribution in [3.63, 3.8) is 0 Å². The number of hydrogen-bond donors (Lipinski definition) is 1. The number of para-hydroxylation sites is 1. The predicted octanol–water partition coefficient (Wildman–Crippen LogP) is 3.17. The molecule has 98 valence electrons. The lowest BCUT2D eigenvalue weighted by Gasteiger charge is -2.12. The van der Waals surface area contributed by atoms with Crippen molar-refractivity contribution in [2.24, 2.45) is 0 Å². The van der Waals surface area contributed by atoms with Gasteiger partial charge in [0.15, 0.2) is 0 Å². The largest absolute Gasteiger partial charge is 0.491 e. The Labute approximate surface area is 112 Å². The van der Waals surface area contributed by atoms with Crippen molar-refractivity contribution >= 4 is 17.5 Å². The van der Waals surface area contributed by atoms with Gasteiger partial charge in [0.1, 0.15) is 5.75 Å². The summed E-state index contributed by atoms with van der Waals surface area (Å²) in [4.78, 5) is 11.7. The van der Waals surface area contributed by atoms with Crippen LogP contribution in [0.5, 0.6) is 5.75 Å². The highest BCUT2D eigenvalue weighted by molar-refractivity contribution is 6.32. The monoisotopic (exact) mass is 267 g/mol. The van der Waals surface area contributed by atoms with Crippen molar-refractivity contribution in [3.8, 4) is 5.75 Å². The molecule has 3 nitrogen and oxygen atoms in total. The molecule has 1 fully saturated rings. The molecule has 1 aromatic carbocycles. The van der Waals surface area contributed by atoms with Gasteiger partial charge in [-0.05, 0) is 25.0 Å². The van der Waals surface area contributed by atoms with Gasteiger partial charge in [-0.2, -0.15) is 0 Å². The lowest BCUT2D eigenvalue weighted by molar-refractivity contribution is -0.122. The van der Waals surface area contributed by atoms with Crippen LogP contribution in [0.25, 0.3) is 0 Å². The normalized spacial score (nSPS) is 15.6. The number of carbonyl (C=O) groups is 1. The molecule has 1 amide bonds. The Morgan fingerprint density at radius 3 is 2.78 bits per heavy atom. The molecule has 0 radical (unpaired) electrons. The van der Waals surface area contributed by atoms with E-state index < -0.39 is 0 Å². The number of benzene rings is 1. The van der Waals surface area contributed by atoms with Gasteiger partial charge in [-0.15, -0.1) is 0 Å². The van der Waals surface area contributed by atoms with Gasteiger partial charge in [-0.3, -0.25) is 4.79 Å². The molecule has 0 saturated heterocycles. The fraction of sp³-hybridized carbons (Fsp3) is 0.500. The van der Waals surface area contributed by atoms with E-state index in [0.717, 1.165) is 12.8 Å². The Hall–Kier alpha value is -1.22. The number of ether oxygens (including phenoxy) is 1. The fourth-order valence-corrected chi connectivity index (χ4v) is 2.38. The molecule has 18 heavy (non-hydrogen) atoms. The van der Waals surface area contributed by atoms with Crippen molar-refractivity contribution < 1.29 is 9.53 Å². The van der Waals surface area contributed by atoms with Crippen LogP contribution in [0.4, 0.5) is 0 Å². The zero-order valence-corrected chi connectivity index (χ0v) is 11.1. The summed E-state index contributed by atoms with van der Waals surface area (Å²) in [5, 5.41) is 3.61. The maximum atomic E-state index is 11.7. The van der Waals surface area contributed by atoms with Gasteiger partial charge < -0.3 is 10.1 Å². The van der Waals surface area contributed by atoms with Crippen LogP contribution >= 0.6 is 11.6 Å². The van der Waals surface area contributed by atoms with E-state index in [1.165, 1.54) is 12.8 Å². The van der Waals surface area contributed by atoms with Gasteiger partial charge in [-0.25, -0.2) is 0 Å². The number of halogens is 1. The summed E-state index contributed by atoms with van der Waals surface area (Å²) in [6, 6.07) is 7.66. The number of amides is 1. The minimum absolute atomic E-state index is 0.0638. The average Bonchev–Trinajstić information content (AvgIpc) is 2.84. The van der Waals surface area contributed by atoms with Crippen molar-refractivity contribution in [2.75, 3.05) is 6.61 Å². The second kappa shape index (κ2) is 6.64. The number of hydrogen-bond acceptors (Lipinski definition) is 2. The van der Waals surface area contributed by atoms with Gasteiger partial charge in [0.2, 0.25) is 5.91 Å². The molecule has 1 aromatic rings. The van der Waals surface area contributed by atoms with E-state index >= 15 is 0 Å². The van der Waals surface area contributed by atoms with Gasteiger partial charge in [-0.1, -0.05) is 36.6 Å². The minimum Gasteiger partial charge on any atom is -0.491 e. The Morgan fingerprint density at radius 1 is 1.33 bits per heavy atom. The summed E-state index contributed by atoms with van der Waals surface area (Å²) >= 11 is 5.95. The lowest BCUT2D eigenvalue weighted by Crippen LogP contribution is -2.33. The quantitative estimate of drug-likeness (QED) is 0.890. The maximum absolute atomic E-state index is 11.7. The molecule has 2 rings (SSSR count). The molecule has 0 heterocycles. The summed E-state index contributed by atoms with van der Waals surface area (Å²) in [6.07, 6.45) is 5.04. The van der Waals surface area contributed by atoms with E-state index in [-0.39, 0.29) is 5.91 Å². The molecule has 0 aliphatic heterocycles. The van der Waals surface area contributed by atoms with Gasteiger partial charge in [0.25, 0.3) is 0 Å². The van der Waals surface area contributed by atoms with Crippen molar-refractivity contribution in [1.82, 2.24) is 5.32 Å². The highest BCUT2D eigenvalue weighted by Gasteiger charge is 2.16. The van der Waals surface area contributed by atoms with Gasteiger partial charge in [0, 0.05) is 6.04 Å². The van der Waals surface area contributed by atoms with E-state index in [4.69, 9.17) is 16.3 Å². The highest BCUT2D eigenvalue weighted by Crippen LogP contribution is 2.23. The highest BCUT2D eigenvalue weighted by atomic mass is 35.5. The fourth-order valence-electron chi connectivity index (χ4n) is 2.19. The molecular weight excluding hydrogens is 250 g/mol. The van der Waals surface area contributed by atoms with E-state index in [2.05, 4.69) is 5.32 Å². The SMILES string of the molecule is O=C(CCOc1ccccc1Cl)NC1CCCC1. The summed E-state index contributed by atoms with van der Waals surface area (Å²) in [5.41, 5.74) is 0. The molecule has 0 unspecified atom stereocenters. The standard InChI is InChI=1S/C14H18ClNO2/c15-12-7-3-4-8-13(12)18-10-9-14(17)16-11-5-1-2-6-11/h3-4,7-8,11H,1-2,5-6,9-10H2,(H,16,17). The molecule has 0 atom stereocenters. The third-order valence-corrected chi connectivity index (χ3v) is 3.46. The Morgan fingerprint density at radius 2 is 2.06 bits per heavy atom. The van der Waals surface area contributed by atoms with Gasteiger partial charge in [0.05, 0.1) is 18.1 Å². The van der Waals surface area contributed by atoms with E-state index in [9.17, 15) is 4.79 Å². The molecule has 0 bridgehead atoms. The first-order chi connectivity index (χ1) is 8.75. The summed E-state index contributed by atoms with van der Waals surface area (Å²) in [6.45, 7) is 0.363. The van der Waals surface area contributed by atoms with Crippen LogP contribution in [0.15, 0.2) is 24.3 Å². The van der Waals surface area contributed by atoms with Crippen LogP contribution in [0, 0.1) is 0 Å². The molecule has 4 heteroatoms. The third-order valence-electron chi connectivity index (χ3n) is 3.14. The zero-order valence-electron chi connectivity index (χ0n) is 10.3. The molecule has 1 N–H and O–H groups in total.